The number of hydrazone groups is 2. The number of rotatable bonds is 1. The minimum Gasteiger partial charge on any atom is -0.381 e. The molecule has 0 aromatic heterocycles. The number of hydrazine groups is 1. The molecule has 7 rings (SSSR count). The largest absolute Gasteiger partial charge is 0.381 e. The van der Waals surface area contributed by atoms with Gasteiger partial charge in [-0.05, 0) is 63.5 Å². The lowest BCUT2D eigenvalue weighted by Gasteiger charge is -2.42. The highest BCUT2D eigenvalue weighted by Crippen LogP contribution is 2.50. The van der Waals surface area contributed by atoms with Gasteiger partial charge in [0.15, 0.2) is 0 Å². The van der Waals surface area contributed by atoms with Crippen molar-refractivity contribution in [2.45, 2.75) is 114 Å². The molecular weight excluding hydrogens is 708 g/mol. The molecule has 1 aromatic rings. The maximum absolute atomic E-state index is 14.9. The topological polar surface area (TPSA) is 200 Å². The Kier molecular flexibility index (Phi) is 9.69. The van der Waals surface area contributed by atoms with Crippen LogP contribution in [0.3, 0.4) is 0 Å². The highest BCUT2D eigenvalue weighted by molar-refractivity contribution is 6.31. The summed E-state index contributed by atoms with van der Waals surface area (Å²) in [5, 5.41) is 30.7. The molecule has 284 valence electrons. The zero-order chi connectivity index (χ0) is 37.9. The van der Waals surface area contributed by atoms with Gasteiger partial charge < -0.3 is 25.5 Å². The summed E-state index contributed by atoms with van der Waals surface area (Å²) < 4.78 is 0. The fraction of sp³-hybridized carbons (Fsp3) is 0.600. The van der Waals surface area contributed by atoms with E-state index in [0.29, 0.717) is 48.5 Å². The molecule has 17 nitrogen and oxygen atoms in total. The molecule has 0 spiro atoms. The fourth-order valence-electron chi connectivity index (χ4n) is 8.28. The smallest absolute Gasteiger partial charge is 0.266 e. The first-order chi connectivity index (χ1) is 25.2. The maximum Gasteiger partial charge on any atom is 0.266 e. The Morgan fingerprint density at radius 3 is 2.19 bits per heavy atom. The average Bonchev–Trinajstić information content (AvgIpc) is 3.61. The number of fused-ring (bicyclic) bond motifs is 8. The van der Waals surface area contributed by atoms with Crippen LogP contribution < -0.4 is 16.1 Å². The zero-order valence-electron chi connectivity index (χ0n) is 30.1. The van der Waals surface area contributed by atoms with Crippen LogP contribution in [0.15, 0.2) is 28.4 Å². The first-order valence-corrected chi connectivity index (χ1v) is 18.6. The van der Waals surface area contributed by atoms with Gasteiger partial charge >= 0.3 is 0 Å². The van der Waals surface area contributed by atoms with Crippen molar-refractivity contribution in [2.75, 3.05) is 18.9 Å². The molecule has 3 fully saturated rings. The molecule has 18 heteroatoms. The van der Waals surface area contributed by atoms with Crippen molar-refractivity contribution in [3.63, 3.8) is 0 Å². The van der Waals surface area contributed by atoms with Crippen LogP contribution in [0.2, 0.25) is 5.02 Å². The van der Waals surface area contributed by atoms with Crippen LogP contribution in [-0.4, -0.2) is 134 Å². The fourth-order valence-corrected chi connectivity index (χ4v) is 8.45. The van der Waals surface area contributed by atoms with Crippen molar-refractivity contribution >= 4 is 65.2 Å². The lowest BCUT2D eigenvalue weighted by Crippen LogP contribution is -2.66. The number of amides is 6. The number of halogens is 1. The molecule has 6 heterocycles. The number of nitrogens with one attached hydrogen (secondary N) is 3. The molecule has 53 heavy (non-hydrogen) atoms. The second-order valence-electron chi connectivity index (χ2n) is 14.9. The molecule has 6 aliphatic rings. The van der Waals surface area contributed by atoms with E-state index in [1.54, 1.807) is 32.0 Å². The Labute approximate surface area is 311 Å². The van der Waals surface area contributed by atoms with Gasteiger partial charge in [0.25, 0.3) is 17.7 Å². The Morgan fingerprint density at radius 2 is 1.51 bits per heavy atom. The van der Waals surface area contributed by atoms with Crippen LogP contribution >= 0.6 is 11.6 Å². The third-order valence-electron chi connectivity index (χ3n) is 11.3. The van der Waals surface area contributed by atoms with E-state index in [2.05, 4.69) is 26.3 Å². The molecule has 8 unspecified atom stereocenters. The van der Waals surface area contributed by atoms with Gasteiger partial charge in [0.05, 0.1) is 0 Å². The Balaban J connectivity index is 1.33. The molecule has 3 saturated heterocycles. The first-order valence-electron chi connectivity index (χ1n) is 18.2. The van der Waals surface area contributed by atoms with Gasteiger partial charge in [-0.2, -0.15) is 10.2 Å². The molecule has 6 aliphatic heterocycles. The second-order valence-corrected chi connectivity index (χ2v) is 15.3. The number of hydrogen-bond acceptors (Lipinski definition) is 11. The molecule has 1 aromatic carbocycles. The van der Waals surface area contributed by atoms with E-state index in [4.69, 9.17) is 11.6 Å². The summed E-state index contributed by atoms with van der Waals surface area (Å²) in [4.78, 5) is 88.9. The van der Waals surface area contributed by atoms with E-state index in [0.717, 1.165) is 10.0 Å². The number of carbonyl (C=O) groups is 6. The van der Waals surface area contributed by atoms with Crippen LogP contribution in [0.5, 0.6) is 0 Å². The van der Waals surface area contributed by atoms with Crippen molar-refractivity contribution < 1.29 is 33.9 Å². The lowest BCUT2D eigenvalue weighted by atomic mass is 9.91. The van der Waals surface area contributed by atoms with E-state index in [1.807, 2.05) is 0 Å². The predicted molar refractivity (Wildman–Crippen MR) is 192 cm³/mol. The minimum absolute atomic E-state index is 0.156. The summed E-state index contributed by atoms with van der Waals surface area (Å²) >= 11 is 6.28. The van der Waals surface area contributed by atoms with Crippen LogP contribution in [0.1, 0.15) is 71.3 Å². The predicted octanol–water partition coefficient (Wildman–Crippen LogP) is 0.331. The van der Waals surface area contributed by atoms with Gasteiger partial charge in [-0.3, -0.25) is 33.8 Å². The van der Waals surface area contributed by atoms with E-state index in [1.165, 1.54) is 41.2 Å². The molecule has 6 amide bonds. The quantitative estimate of drug-likeness (QED) is 0.312. The van der Waals surface area contributed by atoms with Crippen LogP contribution in [0, 0.1) is 5.92 Å². The van der Waals surface area contributed by atoms with E-state index in [-0.39, 0.29) is 19.3 Å². The summed E-state index contributed by atoms with van der Waals surface area (Å²) in [5.74, 6) is -4.16. The van der Waals surface area contributed by atoms with Gasteiger partial charge in [-0.15, -0.1) is 0 Å². The summed E-state index contributed by atoms with van der Waals surface area (Å²) in [7, 11) is 1.46. The van der Waals surface area contributed by atoms with E-state index in [9.17, 15) is 33.9 Å². The van der Waals surface area contributed by atoms with Gasteiger partial charge in [-0.25, -0.2) is 15.4 Å². The second kappa shape index (κ2) is 14.0. The number of likely N-dealkylation sites (N-methyl/N-ethyl adjacent to an activating group) is 1. The molecular formula is C35H45ClN10O7. The summed E-state index contributed by atoms with van der Waals surface area (Å²) in [5.41, 5.74) is 2.22. The van der Waals surface area contributed by atoms with Crippen LogP contribution in [0.4, 0.5) is 5.69 Å². The van der Waals surface area contributed by atoms with Crippen LogP contribution in [0.25, 0.3) is 0 Å². The number of anilines is 1. The lowest BCUT2D eigenvalue weighted by molar-refractivity contribution is -0.162. The van der Waals surface area contributed by atoms with Crippen molar-refractivity contribution in [3.8, 4) is 0 Å². The third kappa shape index (κ3) is 6.11. The van der Waals surface area contributed by atoms with Crippen molar-refractivity contribution in [2.24, 2.45) is 16.1 Å². The number of aliphatic hydroxyl groups is 1. The minimum atomic E-state index is -1.74. The zero-order valence-corrected chi connectivity index (χ0v) is 30.8. The van der Waals surface area contributed by atoms with Crippen molar-refractivity contribution in [1.29, 1.82) is 0 Å². The highest BCUT2D eigenvalue weighted by Gasteiger charge is 2.62. The molecule has 0 saturated carbocycles. The van der Waals surface area contributed by atoms with Gasteiger partial charge in [0.1, 0.15) is 48.0 Å². The summed E-state index contributed by atoms with van der Waals surface area (Å²) in [6, 6.07) is -2.00. The highest BCUT2D eigenvalue weighted by atomic mass is 35.5. The third-order valence-corrected chi connectivity index (χ3v) is 11.6. The molecule has 0 aliphatic carbocycles. The standard InChI is InChI=1S/C35H45ClN10O7/c1-18(2)27-33(52)46-25(10-7-15-39-46)32(51)45-23(8-5-14-38-45)30(49)42(4)19(3)29(48)44-24(9-6-13-37-44)31(50)43-26(28(47)41-27)17-35(53)21-12-11-20(36)16-22(21)40-34(35)43/h11-13,15-16,18-19,23-27,34,38,40,53H,5-10,14,17H2,1-4H3,(H,41,47). The van der Waals surface area contributed by atoms with Crippen LogP contribution in [-0.2, 0) is 34.4 Å². The molecule has 8 atom stereocenters. The van der Waals surface area contributed by atoms with Crippen molar-refractivity contribution in [3.05, 3.63) is 28.8 Å². The summed E-state index contributed by atoms with van der Waals surface area (Å²) in [6.07, 6.45) is 3.67. The Hall–Kier alpha value is -4.61. The molecule has 0 radical (unpaired) electrons. The van der Waals surface area contributed by atoms with Gasteiger partial charge in [-0.1, -0.05) is 31.5 Å². The molecule has 0 bridgehead atoms. The van der Waals surface area contributed by atoms with Gasteiger partial charge in [0.2, 0.25) is 17.7 Å². The molecule has 4 N–H and O–H groups in total. The maximum atomic E-state index is 14.9. The average molecular weight is 753 g/mol. The van der Waals surface area contributed by atoms with Gasteiger partial charge in [0, 0.05) is 48.7 Å². The van der Waals surface area contributed by atoms with Crippen molar-refractivity contribution in [1.82, 2.24) is 35.6 Å². The Morgan fingerprint density at radius 1 is 0.849 bits per heavy atom. The number of nitrogens with zero attached hydrogens (tertiary/aromatic N) is 7. The SMILES string of the molecule is CC(C)C1NC(=O)C2CC3(O)c4ccc(Cl)cc4NC3N2C(=O)C2CCC=NN2C(=O)C(C)N(C)C(=O)C2CCCNN2C(=O)C2CCC=NN2C1=O. The number of benzene rings is 1. The monoisotopic (exact) mass is 752 g/mol. The summed E-state index contributed by atoms with van der Waals surface area (Å²) in [6.45, 7) is 5.41. The Bertz CT molecular complexity index is 1790. The van der Waals surface area contributed by atoms with E-state index >= 15 is 0 Å². The first kappa shape index (κ1) is 36.7. The normalized spacial score (nSPS) is 33.8. The van der Waals surface area contributed by atoms with E-state index < -0.39 is 89.4 Å². The number of hydrogen-bond donors (Lipinski definition) is 4. The number of carbonyl (C=O) groups excluding carboxylic acids is 6.